The van der Waals surface area contributed by atoms with Crippen LogP contribution in [0.15, 0.2) is 0 Å². The number of carbonyl (C=O) groups is 4. The van der Waals surface area contributed by atoms with Gasteiger partial charge in [-0.25, -0.2) is 9.59 Å². The van der Waals surface area contributed by atoms with Gasteiger partial charge in [0.2, 0.25) is 11.8 Å². The van der Waals surface area contributed by atoms with Crippen LogP contribution in [0, 0.1) is 22.7 Å². The van der Waals surface area contributed by atoms with E-state index in [1.54, 1.807) is 13.8 Å². The Morgan fingerprint density at radius 3 is 1.50 bits per heavy atom. The summed E-state index contributed by atoms with van der Waals surface area (Å²) < 4.78 is 9.38. The molecule has 168 valence electrons. The van der Waals surface area contributed by atoms with Crippen molar-refractivity contribution in [2.24, 2.45) is 22.7 Å². The van der Waals surface area contributed by atoms with Crippen LogP contribution >= 0.6 is 0 Å². The summed E-state index contributed by atoms with van der Waals surface area (Å²) in [6.07, 6.45) is 6.79. The van der Waals surface area contributed by atoms with Crippen LogP contribution in [0.25, 0.3) is 0 Å². The number of hydrogen-bond donors (Lipinski definition) is 2. The molecule has 2 atom stereocenters. The van der Waals surface area contributed by atoms with Gasteiger partial charge in [0.25, 0.3) is 0 Å². The van der Waals surface area contributed by atoms with Crippen molar-refractivity contribution >= 4 is 23.8 Å². The van der Waals surface area contributed by atoms with E-state index in [0.717, 1.165) is 32.1 Å². The van der Waals surface area contributed by atoms with Crippen molar-refractivity contribution in [2.75, 3.05) is 14.2 Å². The molecule has 0 radical (unpaired) electrons. The van der Waals surface area contributed by atoms with Crippen LogP contribution in [0.2, 0.25) is 0 Å². The molecular formula is C22H34N2O6. The molecule has 30 heavy (non-hydrogen) atoms. The average molecular weight is 423 g/mol. The summed E-state index contributed by atoms with van der Waals surface area (Å²) >= 11 is 0. The monoisotopic (exact) mass is 422 g/mol. The zero-order valence-corrected chi connectivity index (χ0v) is 18.4. The smallest absolute Gasteiger partial charge is 0.328 e. The third-order valence-electron chi connectivity index (χ3n) is 7.24. The first-order valence-electron chi connectivity index (χ1n) is 10.8. The molecule has 4 aliphatic rings. The van der Waals surface area contributed by atoms with Gasteiger partial charge in [-0.1, -0.05) is 0 Å². The van der Waals surface area contributed by atoms with E-state index in [4.69, 9.17) is 9.47 Å². The molecule has 0 heterocycles. The summed E-state index contributed by atoms with van der Waals surface area (Å²) in [5.41, 5.74) is -0.226. The van der Waals surface area contributed by atoms with Gasteiger partial charge >= 0.3 is 11.9 Å². The highest BCUT2D eigenvalue weighted by molar-refractivity contribution is 5.85. The first-order valence-corrected chi connectivity index (χ1v) is 10.8. The van der Waals surface area contributed by atoms with E-state index >= 15 is 0 Å². The molecule has 4 saturated carbocycles. The summed E-state index contributed by atoms with van der Waals surface area (Å²) in [6.45, 7) is 3.25. The molecule has 2 N–H and O–H groups in total. The van der Waals surface area contributed by atoms with Gasteiger partial charge < -0.3 is 20.1 Å². The number of hydrogen-bond acceptors (Lipinski definition) is 6. The Hall–Kier alpha value is -2.12. The average Bonchev–Trinajstić information content (AvgIpc) is 2.64. The molecule has 0 aromatic rings. The van der Waals surface area contributed by atoms with E-state index in [1.165, 1.54) is 20.6 Å². The number of esters is 2. The molecule has 4 bridgehead atoms. The molecule has 0 aliphatic heterocycles. The third-order valence-corrected chi connectivity index (χ3v) is 7.24. The van der Waals surface area contributed by atoms with Crippen molar-refractivity contribution in [3.8, 4) is 0 Å². The van der Waals surface area contributed by atoms with Gasteiger partial charge in [-0.15, -0.1) is 0 Å². The van der Waals surface area contributed by atoms with Crippen LogP contribution in [0.5, 0.6) is 0 Å². The van der Waals surface area contributed by atoms with Crippen LogP contribution in [0.3, 0.4) is 0 Å². The second-order valence-electron chi connectivity index (χ2n) is 9.94. The van der Waals surface area contributed by atoms with Gasteiger partial charge in [-0.2, -0.15) is 0 Å². The van der Waals surface area contributed by atoms with Crippen molar-refractivity contribution in [3.05, 3.63) is 0 Å². The van der Waals surface area contributed by atoms with Crippen LogP contribution in [0.1, 0.15) is 65.2 Å². The van der Waals surface area contributed by atoms with Crippen molar-refractivity contribution in [2.45, 2.75) is 77.3 Å². The van der Waals surface area contributed by atoms with Gasteiger partial charge in [0.1, 0.15) is 12.1 Å². The minimum Gasteiger partial charge on any atom is -0.467 e. The lowest BCUT2D eigenvalue weighted by atomic mass is 9.43. The van der Waals surface area contributed by atoms with Crippen LogP contribution < -0.4 is 10.6 Å². The third kappa shape index (κ3) is 4.78. The number of ether oxygens (including phenoxy) is 2. The Bertz CT molecular complexity index is 650. The molecule has 4 fully saturated rings. The fraction of sp³-hybridized carbons (Fsp3) is 0.818. The largest absolute Gasteiger partial charge is 0.467 e. The standard InChI is InChI=1S/C22H34N2O6/c1-13(19(27)29-3)23-17(25)10-21-6-15-5-16(7-21)9-22(8-15,12-21)11-18(26)24-14(2)20(28)30-4/h13-16H,5-12H2,1-4H3,(H,23,25)(H,24,26)/t13-,14-,15?,16?,21?,22?/m1/s1. The first-order chi connectivity index (χ1) is 14.1. The highest BCUT2D eigenvalue weighted by atomic mass is 16.5. The second kappa shape index (κ2) is 8.55. The van der Waals surface area contributed by atoms with Gasteiger partial charge in [-0.05, 0) is 75.0 Å². The van der Waals surface area contributed by atoms with Gasteiger partial charge in [0, 0.05) is 12.8 Å². The second-order valence-corrected chi connectivity index (χ2v) is 9.94. The van der Waals surface area contributed by atoms with Crippen molar-refractivity contribution in [1.29, 1.82) is 0 Å². The molecule has 4 rings (SSSR count). The maximum absolute atomic E-state index is 12.7. The van der Waals surface area contributed by atoms with E-state index in [-0.39, 0.29) is 22.6 Å². The molecule has 0 aromatic carbocycles. The fourth-order valence-electron chi connectivity index (χ4n) is 6.80. The van der Waals surface area contributed by atoms with Gasteiger partial charge in [0.05, 0.1) is 14.2 Å². The molecule has 4 aliphatic carbocycles. The number of amides is 2. The molecule has 8 nitrogen and oxygen atoms in total. The van der Waals surface area contributed by atoms with Crippen molar-refractivity contribution in [1.82, 2.24) is 10.6 Å². The molecule has 0 aromatic heterocycles. The number of rotatable bonds is 8. The van der Waals surface area contributed by atoms with Crippen molar-refractivity contribution < 1.29 is 28.7 Å². The van der Waals surface area contributed by atoms with Gasteiger partial charge in [0.15, 0.2) is 0 Å². The molecule has 0 saturated heterocycles. The fourth-order valence-corrected chi connectivity index (χ4v) is 6.80. The first kappa shape index (κ1) is 22.6. The zero-order valence-electron chi connectivity index (χ0n) is 18.4. The van der Waals surface area contributed by atoms with Crippen LogP contribution in [-0.2, 0) is 28.7 Å². The molecular weight excluding hydrogens is 388 g/mol. The number of nitrogens with one attached hydrogen (secondary N) is 2. The normalized spacial score (nSPS) is 33.3. The zero-order chi connectivity index (χ0) is 22.1. The lowest BCUT2D eigenvalue weighted by Crippen LogP contribution is -2.55. The van der Waals surface area contributed by atoms with E-state index in [2.05, 4.69) is 10.6 Å². The van der Waals surface area contributed by atoms with Crippen LogP contribution in [-0.4, -0.2) is 50.1 Å². The SMILES string of the molecule is COC(=O)[C@@H](C)NC(=O)CC12CC3CC(C1)CC(CC(=O)N[C@H](C)C(=O)OC)(C3)C2. The van der Waals surface area contributed by atoms with E-state index in [0.29, 0.717) is 24.7 Å². The summed E-state index contributed by atoms with van der Waals surface area (Å²) in [4.78, 5) is 48.6. The Kier molecular flexibility index (Phi) is 6.43. The molecule has 0 spiro atoms. The minimum absolute atomic E-state index is 0.113. The van der Waals surface area contributed by atoms with E-state index in [1.807, 2.05) is 0 Å². The van der Waals surface area contributed by atoms with Crippen LogP contribution in [0.4, 0.5) is 0 Å². The summed E-state index contributed by atoms with van der Waals surface area (Å²) in [5.74, 6) is -0.114. The predicted octanol–water partition coefficient (Wildman–Crippen LogP) is 1.71. The minimum atomic E-state index is -0.670. The Labute approximate surface area is 177 Å². The lowest BCUT2D eigenvalue weighted by molar-refractivity contribution is -0.152. The maximum Gasteiger partial charge on any atom is 0.328 e. The van der Waals surface area contributed by atoms with Gasteiger partial charge in [-0.3, -0.25) is 9.59 Å². The Morgan fingerprint density at radius 1 is 0.800 bits per heavy atom. The summed E-state index contributed by atoms with van der Waals surface area (Å²) in [6, 6.07) is -1.34. The quantitative estimate of drug-likeness (QED) is 0.576. The summed E-state index contributed by atoms with van der Waals surface area (Å²) in [5, 5.41) is 5.52. The van der Waals surface area contributed by atoms with E-state index < -0.39 is 24.0 Å². The Morgan fingerprint density at radius 2 is 1.17 bits per heavy atom. The predicted molar refractivity (Wildman–Crippen MR) is 108 cm³/mol. The molecule has 0 unspecified atom stereocenters. The van der Waals surface area contributed by atoms with E-state index in [9.17, 15) is 19.2 Å². The highest BCUT2D eigenvalue weighted by Gasteiger charge is 2.58. The number of carbonyl (C=O) groups excluding carboxylic acids is 4. The van der Waals surface area contributed by atoms with Crippen molar-refractivity contribution in [3.63, 3.8) is 0 Å². The Balaban J connectivity index is 1.66. The topological polar surface area (TPSA) is 111 Å². The maximum atomic E-state index is 12.7. The molecule has 8 heteroatoms. The molecule has 2 amide bonds. The summed E-state index contributed by atoms with van der Waals surface area (Å²) in [7, 11) is 2.61. The number of methoxy groups -OCH3 is 2. The lowest BCUT2D eigenvalue weighted by Gasteiger charge is -2.62. The highest BCUT2D eigenvalue weighted by Crippen LogP contribution is 2.67.